The average molecular weight is 716 g/mol. The van der Waals surface area contributed by atoms with Crippen molar-refractivity contribution in [2.45, 2.75) is 79.1 Å². The molecular formula is C34H37ClF3N7O5. The minimum absolute atomic E-state index is 0.0223. The van der Waals surface area contributed by atoms with Crippen molar-refractivity contribution < 1.29 is 37.0 Å². The zero-order chi connectivity index (χ0) is 36.7. The van der Waals surface area contributed by atoms with Crippen LogP contribution in [0.2, 0.25) is 5.02 Å². The van der Waals surface area contributed by atoms with Crippen molar-refractivity contribution in [3.8, 4) is 11.1 Å². The molecule has 0 radical (unpaired) electrons. The number of aromatic nitrogens is 4. The molecule has 4 heterocycles. The average Bonchev–Trinajstić information content (AvgIpc) is 3.29. The van der Waals surface area contributed by atoms with Crippen LogP contribution < -0.4 is 10.2 Å². The fourth-order valence-electron chi connectivity index (χ4n) is 5.34. The molecule has 0 aliphatic carbocycles. The van der Waals surface area contributed by atoms with E-state index in [0.29, 0.717) is 40.1 Å². The van der Waals surface area contributed by atoms with Gasteiger partial charge in [0.05, 0.1) is 23.5 Å². The second-order valence-electron chi connectivity index (χ2n) is 13.8. The summed E-state index contributed by atoms with van der Waals surface area (Å²) in [4.78, 5) is 49.6. The summed E-state index contributed by atoms with van der Waals surface area (Å²) in [6.45, 7) is 10.8. The molecule has 1 aliphatic heterocycles. The summed E-state index contributed by atoms with van der Waals surface area (Å²) in [7, 11) is 0. The van der Waals surface area contributed by atoms with E-state index in [1.807, 2.05) is 0 Å². The highest BCUT2D eigenvalue weighted by Crippen LogP contribution is 2.39. The van der Waals surface area contributed by atoms with Crippen LogP contribution in [0.4, 0.5) is 40.1 Å². The van der Waals surface area contributed by atoms with Crippen LogP contribution in [0, 0.1) is 12.7 Å². The highest BCUT2D eigenvalue weighted by molar-refractivity contribution is 6.36. The lowest BCUT2D eigenvalue weighted by Crippen LogP contribution is -2.44. The van der Waals surface area contributed by atoms with E-state index in [9.17, 15) is 23.2 Å². The maximum absolute atomic E-state index is 15.9. The molecule has 50 heavy (non-hydrogen) atoms. The molecule has 12 nitrogen and oxygen atoms in total. The number of carbonyl (C=O) groups excluding carboxylic acids is 3. The number of nitrogens with zero attached hydrogens (tertiary/aromatic N) is 6. The summed E-state index contributed by atoms with van der Waals surface area (Å²) in [5.74, 6) is -0.531. The topological polar surface area (TPSA) is 132 Å². The van der Waals surface area contributed by atoms with Gasteiger partial charge in [-0.15, -0.1) is 0 Å². The van der Waals surface area contributed by atoms with Crippen LogP contribution in [0.3, 0.4) is 0 Å². The van der Waals surface area contributed by atoms with Gasteiger partial charge in [0.15, 0.2) is 5.82 Å². The molecule has 5 rings (SSSR count). The predicted molar refractivity (Wildman–Crippen MR) is 181 cm³/mol. The fourth-order valence-corrected chi connectivity index (χ4v) is 5.60. The van der Waals surface area contributed by atoms with Crippen LogP contribution in [-0.4, -0.2) is 73.5 Å². The van der Waals surface area contributed by atoms with Crippen LogP contribution in [0.5, 0.6) is 0 Å². The fraction of sp³-hybridized carbons (Fsp3) is 0.412. The zero-order valence-corrected chi connectivity index (χ0v) is 29.4. The number of anilines is 3. The van der Waals surface area contributed by atoms with Gasteiger partial charge in [-0.05, 0) is 71.5 Å². The molecule has 3 aromatic heterocycles. The normalized spacial score (nSPS) is 13.7. The van der Waals surface area contributed by atoms with Crippen molar-refractivity contribution >= 4 is 57.8 Å². The zero-order valence-electron chi connectivity index (χ0n) is 28.6. The van der Waals surface area contributed by atoms with E-state index in [1.165, 1.54) is 23.3 Å². The molecule has 4 aromatic rings. The van der Waals surface area contributed by atoms with E-state index in [0.717, 1.165) is 9.80 Å². The Morgan fingerprint density at radius 3 is 2.28 bits per heavy atom. The number of fused-ring (bicyclic) bond motifs is 2. The first-order valence-electron chi connectivity index (χ1n) is 15.7. The second kappa shape index (κ2) is 13.8. The van der Waals surface area contributed by atoms with E-state index < -0.39 is 48.1 Å². The molecule has 0 saturated carbocycles. The molecule has 0 fully saturated rings. The molecule has 266 valence electrons. The first-order valence-corrected chi connectivity index (χ1v) is 16.1. The number of carbonyl (C=O) groups is 3. The van der Waals surface area contributed by atoms with E-state index in [1.54, 1.807) is 66.7 Å². The number of rotatable bonds is 6. The lowest BCUT2D eigenvalue weighted by molar-refractivity contribution is -0.133. The Morgan fingerprint density at radius 2 is 1.66 bits per heavy atom. The van der Waals surface area contributed by atoms with E-state index in [2.05, 4.69) is 20.4 Å². The van der Waals surface area contributed by atoms with E-state index >= 15 is 4.39 Å². The third-order valence-corrected chi connectivity index (χ3v) is 7.90. The van der Waals surface area contributed by atoms with Crippen LogP contribution in [0.25, 0.3) is 21.9 Å². The predicted octanol–water partition coefficient (Wildman–Crippen LogP) is 7.66. The van der Waals surface area contributed by atoms with Crippen molar-refractivity contribution in [1.29, 1.82) is 0 Å². The summed E-state index contributed by atoms with van der Waals surface area (Å²) in [5, 5.41) is 8.08. The van der Waals surface area contributed by atoms with Crippen molar-refractivity contribution in [2.24, 2.45) is 0 Å². The first kappa shape index (κ1) is 36.4. The summed E-state index contributed by atoms with van der Waals surface area (Å²) >= 11 is 6.52. The smallest absolute Gasteiger partial charge is 0.424 e. The number of nitrogens with one attached hydrogen (secondary N) is 1. The molecule has 0 bridgehead atoms. The highest BCUT2D eigenvalue weighted by Gasteiger charge is 2.34. The molecular weight excluding hydrogens is 679 g/mol. The number of hydrogen-bond donors (Lipinski definition) is 1. The van der Waals surface area contributed by atoms with Crippen molar-refractivity contribution in [2.75, 3.05) is 23.3 Å². The number of hydrogen-bond acceptors (Lipinski definition) is 9. The van der Waals surface area contributed by atoms with Gasteiger partial charge in [-0.1, -0.05) is 11.6 Å². The maximum Gasteiger partial charge on any atom is 0.424 e. The minimum Gasteiger partial charge on any atom is -0.443 e. The van der Waals surface area contributed by atoms with Gasteiger partial charge in [0.25, 0.3) is 6.43 Å². The SMILES string of the molecule is Cc1c(-c2cc3cc(Nc4cc5n(n4)CC(=O)N(CC(F)F)CC5)ncc3c(Cl)c2F)cncc1N(C(=O)OC(C)(C)C)C(=O)OC(C)(C)C. The van der Waals surface area contributed by atoms with Crippen LogP contribution in [-0.2, 0) is 27.2 Å². The summed E-state index contributed by atoms with van der Waals surface area (Å²) in [6.07, 6.45) is -0.218. The van der Waals surface area contributed by atoms with Gasteiger partial charge in [0.1, 0.15) is 29.4 Å². The summed E-state index contributed by atoms with van der Waals surface area (Å²) in [6, 6.07) is 4.88. The van der Waals surface area contributed by atoms with E-state index in [4.69, 9.17) is 21.1 Å². The van der Waals surface area contributed by atoms with Crippen LogP contribution in [0.1, 0.15) is 52.8 Å². The third-order valence-electron chi connectivity index (χ3n) is 7.53. The largest absolute Gasteiger partial charge is 0.443 e. The number of halogens is 4. The Morgan fingerprint density at radius 1 is 1.00 bits per heavy atom. The molecule has 16 heteroatoms. The number of amides is 3. The monoisotopic (exact) mass is 715 g/mol. The maximum atomic E-state index is 15.9. The molecule has 3 amide bonds. The minimum atomic E-state index is -2.63. The van der Waals surface area contributed by atoms with Gasteiger partial charge in [-0.25, -0.2) is 27.7 Å². The first-order chi connectivity index (χ1) is 23.3. The van der Waals surface area contributed by atoms with Crippen LogP contribution in [0.15, 0.2) is 36.8 Å². The van der Waals surface area contributed by atoms with Gasteiger partial charge in [-0.3, -0.25) is 14.5 Å². The van der Waals surface area contributed by atoms with Crippen molar-refractivity contribution in [3.05, 3.63) is 58.9 Å². The molecule has 1 aliphatic rings. The third kappa shape index (κ3) is 8.09. The van der Waals surface area contributed by atoms with Crippen molar-refractivity contribution in [3.63, 3.8) is 0 Å². The Labute approximate surface area is 291 Å². The molecule has 1 N–H and O–H groups in total. The van der Waals surface area contributed by atoms with Crippen molar-refractivity contribution in [1.82, 2.24) is 24.6 Å². The quantitative estimate of drug-likeness (QED) is 0.214. The number of ether oxygens (including phenoxy) is 2. The Kier molecular flexibility index (Phi) is 10.0. The van der Waals surface area contributed by atoms with E-state index in [-0.39, 0.29) is 34.9 Å². The lowest BCUT2D eigenvalue weighted by atomic mass is 9.98. The van der Waals surface area contributed by atoms with Gasteiger partial charge < -0.3 is 19.7 Å². The molecule has 0 unspecified atom stereocenters. The Hall–Kier alpha value is -4.92. The molecule has 0 spiro atoms. The summed E-state index contributed by atoms with van der Waals surface area (Å²) < 4.78 is 54.2. The number of pyridine rings is 2. The molecule has 0 atom stereocenters. The summed E-state index contributed by atoms with van der Waals surface area (Å²) in [5.41, 5.74) is -0.582. The van der Waals surface area contributed by atoms with Gasteiger partial charge in [-0.2, -0.15) is 10.00 Å². The number of alkyl halides is 2. The van der Waals surface area contributed by atoms with Crippen LogP contribution >= 0.6 is 11.6 Å². The highest BCUT2D eigenvalue weighted by atomic mass is 35.5. The number of benzene rings is 1. The Balaban J connectivity index is 1.49. The van der Waals surface area contributed by atoms with Gasteiger partial charge in [0, 0.05) is 53.6 Å². The standard InChI is InChI=1S/C34H37ClF3N7O5/c1-18-22(13-39-15-24(18)45(31(47)49-33(2,3)4)32(48)50-34(5,6)7)21-10-19-11-26(40-14-23(19)29(35)30(21)38)41-27-12-20-8-9-43(16-25(36)37)28(46)17-44(20)42-27/h10-15,25H,8-9,16-17H2,1-7H3,(H,40,41,42). The lowest BCUT2D eigenvalue weighted by Gasteiger charge is -2.29. The molecule has 1 aromatic carbocycles. The Bertz CT molecular complexity index is 1950. The second-order valence-corrected chi connectivity index (χ2v) is 14.1. The number of imide groups is 1. The molecule has 0 saturated heterocycles. The van der Waals surface area contributed by atoms with Gasteiger partial charge >= 0.3 is 12.2 Å². The van der Waals surface area contributed by atoms with Gasteiger partial charge in [0.2, 0.25) is 5.91 Å².